The summed E-state index contributed by atoms with van der Waals surface area (Å²) < 4.78 is 0. The Morgan fingerprint density at radius 3 is 2.50 bits per heavy atom. The van der Waals surface area contributed by atoms with E-state index in [-0.39, 0.29) is 22.5 Å². The molecule has 3 rings (SSSR count). The Kier molecular flexibility index (Phi) is 5.81. The van der Waals surface area contributed by atoms with Gasteiger partial charge in [-0.2, -0.15) is 0 Å². The second-order valence-electron chi connectivity index (χ2n) is 5.97. The van der Waals surface area contributed by atoms with E-state index in [9.17, 15) is 19.7 Å². The van der Waals surface area contributed by atoms with Crippen LogP contribution in [0.4, 0.5) is 10.1 Å². The molecule has 28 heavy (non-hydrogen) atoms. The number of thiophene rings is 1. The van der Waals surface area contributed by atoms with Crippen LogP contribution >= 0.6 is 22.7 Å². The summed E-state index contributed by atoms with van der Waals surface area (Å²) in [5, 5.41) is 19.8. The molecule has 2 heterocycles. The lowest BCUT2D eigenvalue weighted by atomic mass is 10.1. The second-order valence-corrected chi connectivity index (χ2v) is 7.71. The number of carbonyl (C=O) groups is 2. The van der Waals surface area contributed by atoms with E-state index in [2.05, 4.69) is 15.6 Å². The number of amides is 2. The molecule has 0 aliphatic carbocycles. The van der Waals surface area contributed by atoms with Gasteiger partial charge in [-0.25, -0.2) is 4.98 Å². The predicted octanol–water partition coefficient (Wildman–Crippen LogP) is 4.23. The lowest BCUT2D eigenvalue weighted by molar-refractivity contribution is -0.380. The molecule has 1 aromatic carbocycles. The number of carbonyl (C=O) groups excluding carboxylic acids is 2. The Hall–Kier alpha value is -3.11. The van der Waals surface area contributed by atoms with Gasteiger partial charge in [-0.1, -0.05) is 35.6 Å². The van der Waals surface area contributed by atoms with Gasteiger partial charge in [-0.15, -0.1) is 11.3 Å². The van der Waals surface area contributed by atoms with Crippen LogP contribution in [0.1, 0.15) is 35.8 Å². The van der Waals surface area contributed by atoms with Crippen LogP contribution < -0.4 is 10.6 Å². The van der Waals surface area contributed by atoms with Gasteiger partial charge in [-0.05, 0) is 12.5 Å². The van der Waals surface area contributed by atoms with Crippen LogP contribution in [0, 0.1) is 10.1 Å². The average Bonchev–Trinajstić information content (AvgIpc) is 3.31. The van der Waals surface area contributed by atoms with Crippen molar-refractivity contribution in [2.75, 3.05) is 5.32 Å². The molecule has 2 aromatic heterocycles. The summed E-state index contributed by atoms with van der Waals surface area (Å²) >= 11 is 2.17. The van der Waals surface area contributed by atoms with Gasteiger partial charge in [0.2, 0.25) is 5.91 Å². The molecule has 2 amide bonds. The number of benzene rings is 1. The highest BCUT2D eigenvalue weighted by Gasteiger charge is 2.16. The molecule has 144 valence electrons. The largest absolute Gasteiger partial charge is 0.350 e. The Bertz CT molecular complexity index is 1030. The number of nitro groups is 1. The van der Waals surface area contributed by atoms with Crippen LogP contribution in [0.5, 0.6) is 0 Å². The molecule has 0 saturated carbocycles. The summed E-state index contributed by atoms with van der Waals surface area (Å²) in [6, 6.07) is 8.78. The van der Waals surface area contributed by atoms with E-state index in [0.29, 0.717) is 10.8 Å². The molecule has 3 aromatic rings. The van der Waals surface area contributed by atoms with Crippen LogP contribution in [-0.2, 0) is 4.79 Å². The number of nitrogens with zero attached hydrogens (tertiary/aromatic N) is 2. The smallest absolute Gasteiger partial charge is 0.324 e. The van der Waals surface area contributed by atoms with Gasteiger partial charge < -0.3 is 5.32 Å². The second kappa shape index (κ2) is 8.28. The van der Waals surface area contributed by atoms with E-state index in [1.165, 1.54) is 29.7 Å². The first kappa shape index (κ1) is 19.6. The SMILES string of the molecule is CC(=O)NC(C)c1ccc(-c2csc(NC(=O)c3csc([N+](=O)[O-])c3)n2)cc1. The molecular weight excluding hydrogens is 400 g/mol. The number of thiazole rings is 1. The fourth-order valence-corrected chi connectivity index (χ4v) is 3.92. The fraction of sp³-hybridized carbons (Fsp3) is 0.167. The third-order valence-electron chi connectivity index (χ3n) is 3.88. The zero-order valence-electron chi connectivity index (χ0n) is 15.0. The minimum atomic E-state index is -0.528. The Labute approximate surface area is 168 Å². The minimum absolute atomic E-state index is 0.0847. The molecule has 10 heteroatoms. The van der Waals surface area contributed by atoms with Crippen molar-refractivity contribution < 1.29 is 14.5 Å². The van der Waals surface area contributed by atoms with E-state index in [1.807, 2.05) is 36.6 Å². The van der Waals surface area contributed by atoms with Crippen LogP contribution in [0.2, 0.25) is 0 Å². The van der Waals surface area contributed by atoms with Gasteiger partial charge in [0.25, 0.3) is 5.91 Å². The molecule has 0 aliphatic heterocycles. The van der Waals surface area contributed by atoms with Gasteiger partial charge >= 0.3 is 5.00 Å². The van der Waals surface area contributed by atoms with Crippen LogP contribution in [0.15, 0.2) is 41.1 Å². The maximum Gasteiger partial charge on any atom is 0.324 e. The highest BCUT2D eigenvalue weighted by molar-refractivity contribution is 7.14. The van der Waals surface area contributed by atoms with Gasteiger partial charge in [-0.3, -0.25) is 25.0 Å². The highest BCUT2D eigenvalue weighted by Crippen LogP contribution is 2.28. The van der Waals surface area contributed by atoms with Crippen molar-refractivity contribution in [1.82, 2.24) is 10.3 Å². The number of hydrogen-bond donors (Lipinski definition) is 2. The molecule has 2 N–H and O–H groups in total. The zero-order chi connectivity index (χ0) is 20.3. The molecule has 1 atom stereocenters. The Morgan fingerprint density at radius 2 is 1.89 bits per heavy atom. The van der Waals surface area contributed by atoms with E-state index in [1.54, 1.807) is 0 Å². The summed E-state index contributed by atoms with van der Waals surface area (Å²) in [4.78, 5) is 38.0. The molecule has 1 unspecified atom stereocenters. The first-order valence-electron chi connectivity index (χ1n) is 8.20. The van der Waals surface area contributed by atoms with E-state index in [4.69, 9.17) is 0 Å². The van der Waals surface area contributed by atoms with Gasteiger partial charge in [0.05, 0.1) is 22.2 Å². The van der Waals surface area contributed by atoms with Crippen LogP contribution in [0.3, 0.4) is 0 Å². The maximum atomic E-state index is 12.2. The van der Waals surface area contributed by atoms with Gasteiger partial charge in [0.15, 0.2) is 5.13 Å². The van der Waals surface area contributed by atoms with Crippen molar-refractivity contribution in [1.29, 1.82) is 0 Å². The lowest BCUT2D eigenvalue weighted by Gasteiger charge is -2.12. The number of hydrogen-bond acceptors (Lipinski definition) is 7. The molecule has 0 radical (unpaired) electrons. The van der Waals surface area contributed by atoms with E-state index >= 15 is 0 Å². The minimum Gasteiger partial charge on any atom is -0.350 e. The topological polar surface area (TPSA) is 114 Å². The summed E-state index contributed by atoms with van der Waals surface area (Å²) in [6.07, 6.45) is 0. The molecule has 0 bridgehead atoms. The Morgan fingerprint density at radius 1 is 1.18 bits per heavy atom. The molecule has 0 fully saturated rings. The maximum absolute atomic E-state index is 12.2. The van der Waals surface area contributed by atoms with Crippen molar-refractivity contribution in [3.63, 3.8) is 0 Å². The summed E-state index contributed by atoms with van der Waals surface area (Å²) in [5.41, 5.74) is 2.78. The molecule has 8 nitrogen and oxygen atoms in total. The van der Waals surface area contributed by atoms with Crippen LogP contribution in [0.25, 0.3) is 11.3 Å². The first-order valence-corrected chi connectivity index (χ1v) is 9.96. The molecule has 0 spiro atoms. The van der Waals surface area contributed by atoms with Gasteiger partial charge in [0.1, 0.15) is 0 Å². The van der Waals surface area contributed by atoms with Crippen molar-refractivity contribution in [2.24, 2.45) is 0 Å². The van der Waals surface area contributed by atoms with E-state index < -0.39 is 10.8 Å². The number of aromatic nitrogens is 1. The van der Waals surface area contributed by atoms with Crippen molar-refractivity contribution in [3.8, 4) is 11.3 Å². The summed E-state index contributed by atoms with van der Waals surface area (Å²) in [5.74, 6) is -0.530. The quantitative estimate of drug-likeness (QED) is 0.461. The third-order valence-corrected chi connectivity index (χ3v) is 5.52. The number of nitrogens with one attached hydrogen (secondary N) is 2. The summed E-state index contributed by atoms with van der Waals surface area (Å²) in [7, 11) is 0. The normalized spacial score (nSPS) is 11.6. The number of anilines is 1. The lowest BCUT2D eigenvalue weighted by Crippen LogP contribution is -2.23. The fourth-order valence-electron chi connectivity index (χ4n) is 2.50. The molecule has 0 saturated heterocycles. The third kappa shape index (κ3) is 4.59. The number of rotatable bonds is 6. The zero-order valence-corrected chi connectivity index (χ0v) is 16.6. The highest BCUT2D eigenvalue weighted by atomic mass is 32.1. The van der Waals surface area contributed by atoms with Gasteiger partial charge in [0, 0.05) is 29.3 Å². The van der Waals surface area contributed by atoms with E-state index in [0.717, 1.165) is 22.5 Å². The van der Waals surface area contributed by atoms with Crippen molar-refractivity contribution in [3.05, 3.63) is 62.3 Å². The average molecular weight is 416 g/mol. The molecular formula is C18H16N4O4S2. The predicted molar refractivity (Wildman–Crippen MR) is 109 cm³/mol. The van der Waals surface area contributed by atoms with Crippen molar-refractivity contribution >= 4 is 44.6 Å². The Balaban J connectivity index is 1.68. The van der Waals surface area contributed by atoms with Crippen molar-refractivity contribution in [2.45, 2.75) is 19.9 Å². The summed E-state index contributed by atoms with van der Waals surface area (Å²) in [6.45, 7) is 3.38. The standard InChI is InChI=1S/C18H16N4O4S2/c1-10(19-11(2)23)12-3-5-13(6-4-12)15-9-28-18(20-15)21-17(24)14-7-16(22(25)26)27-8-14/h3-10H,1-2H3,(H,19,23)(H,20,21,24). The van der Waals surface area contributed by atoms with Crippen LogP contribution in [-0.4, -0.2) is 21.7 Å². The monoisotopic (exact) mass is 416 g/mol. The first-order chi connectivity index (χ1) is 13.3. The molecule has 0 aliphatic rings.